The molecular weight excluding hydrogens is 234 g/mol. The SMILES string of the molecule is N#CCn1cnc2c(sc3ccccc32)c1=O. The molecule has 0 bridgehead atoms. The van der Waals surface area contributed by atoms with Crippen LogP contribution in [0.1, 0.15) is 0 Å². The number of hydrogen-bond donors (Lipinski definition) is 0. The van der Waals surface area contributed by atoms with Crippen LogP contribution in [0.4, 0.5) is 0 Å². The summed E-state index contributed by atoms with van der Waals surface area (Å²) in [6.07, 6.45) is 1.44. The van der Waals surface area contributed by atoms with Crippen LogP contribution in [-0.4, -0.2) is 9.55 Å². The molecule has 0 aliphatic carbocycles. The van der Waals surface area contributed by atoms with Gasteiger partial charge < -0.3 is 0 Å². The minimum absolute atomic E-state index is 0.0377. The molecule has 0 unspecified atom stereocenters. The molecule has 0 aliphatic rings. The molecule has 2 heterocycles. The predicted molar refractivity (Wildman–Crippen MR) is 67.0 cm³/mol. The van der Waals surface area contributed by atoms with Gasteiger partial charge in [-0.2, -0.15) is 5.26 Å². The van der Waals surface area contributed by atoms with Gasteiger partial charge in [-0.25, -0.2) is 4.98 Å². The Bertz CT molecular complexity index is 810. The molecule has 5 heteroatoms. The summed E-state index contributed by atoms with van der Waals surface area (Å²) < 4.78 is 2.99. The molecule has 2 aromatic heterocycles. The molecule has 4 nitrogen and oxygen atoms in total. The normalized spacial score (nSPS) is 10.8. The van der Waals surface area contributed by atoms with Gasteiger partial charge in [-0.15, -0.1) is 11.3 Å². The Morgan fingerprint density at radius 2 is 2.24 bits per heavy atom. The Labute approximate surface area is 100 Å². The second-order valence-electron chi connectivity index (χ2n) is 3.61. The predicted octanol–water partition coefficient (Wildman–Crippen LogP) is 2.13. The molecular formula is C12H7N3OS. The summed E-state index contributed by atoms with van der Waals surface area (Å²) in [5.41, 5.74) is 0.586. The molecule has 0 aliphatic heterocycles. The van der Waals surface area contributed by atoms with Gasteiger partial charge in [0, 0.05) is 10.1 Å². The number of thiophene rings is 1. The van der Waals surface area contributed by atoms with E-state index in [1.807, 2.05) is 30.3 Å². The highest BCUT2D eigenvalue weighted by molar-refractivity contribution is 7.25. The van der Waals surface area contributed by atoms with Crippen LogP contribution in [0.2, 0.25) is 0 Å². The standard InChI is InChI=1S/C12H7N3OS/c13-5-6-15-7-14-10-8-3-1-2-4-9(8)17-11(10)12(15)16/h1-4,7H,6H2. The molecule has 1 aromatic carbocycles. The van der Waals surface area contributed by atoms with E-state index in [4.69, 9.17) is 5.26 Å². The number of benzene rings is 1. The van der Waals surface area contributed by atoms with Gasteiger partial charge >= 0.3 is 0 Å². The van der Waals surface area contributed by atoms with Crippen molar-refractivity contribution in [3.05, 3.63) is 40.9 Å². The monoisotopic (exact) mass is 241 g/mol. The van der Waals surface area contributed by atoms with Crippen LogP contribution in [0.25, 0.3) is 20.3 Å². The maximum atomic E-state index is 12.1. The number of rotatable bonds is 1. The van der Waals surface area contributed by atoms with E-state index < -0.39 is 0 Å². The van der Waals surface area contributed by atoms with Crippen LogP contribution in [0.15, 0.2) is 35.4 Å². The Hall–Kier alpha value is -2.19. The molecule has 0 saturated carbocycles. The molecule has 0 amide bonds. The van der Waals surface area contributed by atoms with E-state index >= 15 is 0 Å². The highest BCUT2D eigenvalue weighted by atomic mass is 32.1. The van der Waals surface area contributed by atoms with Crippen LogP contribution in [0.3, 0.4) is 0 Å². The largest absolute Gasteiger partial charge is 0.284 e. The van der Waals surface area contributed by atoms with E-state index in [2.05, 4.69) is 4.98 Å². The van der Waals surface area contributed by atoms with E-state index in [0.717, 1.165) is 15.6 Å². The van der Waals surface area contributed by atoms with Crippen molar-refractivity contribution in [1.29, 1.82) is 5.26 Å². The third kappa shape index (κ3) is 1.42. The molecule has 0 saturated heterocycles. The second-order valence-corrected chi connectivity index (χ2v) is 4.66. The Morgan fingerprint density at radius 1 is 1.41 bits per heavy atom. The summed E-state index contributed by atoms with van der Waals surface area (Å²) in [6.45, 7) is 0.0377. The van der Waals surface area contributed by atoms with Gasteiger partial charge in [0.05, 0.1) is 17.9 Å². The topological polar surface area (TPSA) is 58.7 Å². The Morgan fingerprint density at radius 3 is 3.06 bits per heavy atom. The minimum Gasteiger partial charge on any atom is -0.284 e. The summed E-state index contributed by atoms with van der Waals surface area (Å²) >= 11 is 1.42. The van der Waals surface area contributed by atoms with Gasteiger partial charge in [0.2, 0.25) is 0 Å². The first kappa shape index (κ1) is 10.00. The summed E-state index contributed by atoms with van der Waals surface area (Å²) in [4.78, 5) is 16.3. The summed E-state index contributed by atoms with van der Waals surface area (Å²) in [7, 11) is 0. The number of hydrogen-bond acceptors (Lipinski definition) is 4. The highest BCUT2D eigenvalue weighted by Gasteiger charge is 2.10. The molecule has 3 aromatic rings. The van der Waals surface area contributed by atoms with Gasteiger partial charge in [-0.1, -0.05) is 18.2 Å². The van der Waals surface area contributed by atoms with Crippen molar-refractivity contribution in [3.8, 4) is 6.07 Å². The Kier molecular flexibility index (Phi) is 2.16. The zero-order valence-corrected chi connectivity index (χ0v) is 9.57. The van der Waals surface area contributed by atoms with Gasteiger partial charge in [0.25, 0.3) is 5.56 Å². The van der Waals surface area contributed by atoms with Gasteiger partial charge in [-0.05, 0) is 6.07 Å². The van der Waals surface area contributed by atoms with E-state index in [-0.39, 0.29) is 12.1 Å². The molecule has 17 heavy (non-hydrogen) atoms. The summed E-state index contributed by atoms with van der Waals surface area (Å²) in [5, 5.41) is 9.62. The quantitative estimate of drug-likeness (QED) is 0.655. The number of aromatic nitrogens is 2. The lowest BCUT2D eigenvalue weighted by Crippen LogP contribution is -2.18. The number of nitrogens with zero attached hydrogens (tertiary/aromatic N) is 3. The van der Waals surface area contributed by atoms with Crippen LogP contribution < -0.4 is 5.56 Å². The third-order valence-electron chi connectivity index (χ3n) is 2.59. The van der Waals surface area contributed by atoms with E-state index in [0.29, 0.717) is 4.70 Å². The maximum absolute atomic E-state index is 12.1. The average Bonchev–Trinajstić information content (AvgIpc) is 2.73. The van der Waals surface area contributed by atoms with Crippen LogP contribution >= 0.6 is 11.3 Å². The lowest BCUT2D eigenvalue weighted by atomic mass is 10.2. The smallest absolute Gasteiger partial charge is 0.272 e. The first-order valence-electron chi connectivity index (χ1n) is 5.05. The number of nitriles is 1. The summed E-state index contributed by atoms with van der Waals surface area (Å²) in [5.74, 6) is 0. The third-order valence-corrected chi connectivity index (χ3v) is 3.74. The fourth-order valence-corrected chi connectivity index (χ4v) is 2.91. The van der Waals surface area contributed by atoms with Gasteiger partial charge in [-0.3, -0.25) is 9.36 Å². The fourth-order valence-electron chi connectivity index (χ4n) is 1.80. The van der Waals surface area contributed by atoms with E-state index in [9.17, 15) is 4.79 Å². The van der Waals surface area contributed by atoms with Crippen molar-refractivity contribution in [3.63, 3.8) is 0 Å². The van der Waals surface area contributed by atoms with Crippen molar-refractivity contribution in [2.24, 2.45) is 0 Å². The zero-order chi connectivity index (χ0) is 11.8. The van der Waals surface area contributed by atoms with E-state index in [1.165, 1.54) is 22.2 Å². The fraction of sp³-hybridized carbons (Fsp3) is 0.0833. The van der Waals surface area contributed by atoms with Gasteiger partial charge in [0.1, 0.15) is 11.2 Å². The molecule has 0 fully saturated rings. The maximum Gasteiger partial charge on any atom is 0.272 e. The average molecular weight is 241 g/mol. The lowest BCUT2D eigenvalue weighted by Gasteiger charge is -1.97. The minimum atomic E-state index is -0.141. The van der Waals surface area contributed by atoms with Crippen molar-refractivity contribution in [2.45, 2.75) is 6.54 Å². The van der Waals surface area contributed by atoms with Gasteiger partial charge in [0.15, 0.2) is 0 Å². The number of fused-ring (bicyclic) bond motifs is 3. The molecule has 0 atom stereocenters. The van der Waals surface area contributed by atoms with E-state index in [1.54, 1.807) is 0 Å². The van der Waals surface area contributed by atoms with Crippen LogP contribution in [0.5, 0.6) is 0 Å². The van der Waals surface area contributed by atoms with Crippen molar-refractivity contribution < 1.29 is 0 Å². The molecule has 0 N–H and O–H groups in total. The molecule has 82 valence electrons. The Balaban J connectivity index is 2.46. The van der Waals surface area contributed by atoms with Crippen LogP contribution in [0, 0.1) is 11.3 Å². The first-order chi connectivity index (χ1) is 8.31. The van der Waals surface area contributed by atoms with Crippen molar-refractivity contribution in [1.82, 2.24) is 9.55 Å². The molecule has 3 rings (SSSR count). The molecule has 0 spiro atoms. The zero-order valence-electron chi connectivity index (χ0n) is 8.75. The molecule has 0 radical (unpaired) electrons. The lowest BCUT2D eigenvalue weighted by molar-refractivity contribution is 0.777. The van der Waals surface area contributed by atoms with Crippen LogP contribution in [-0.2, 0) is 6.54 Å². The highest BCUT2D eigenvalue weighted by Crippen LogP contribution is 2.29. The first-order valence-corrected chi connectivity index (χ1v) is 5.86. The van der Waals surface area contributed by atoms with Crippen molar-refractivity contribution in [2.75, 3.05) is 0 Å². The van der Waals surface area contributed by atoms with Crippen molar-refractivity contribution >= 4 is 31.6 Å². The summed E-state index contributed by atoms with van der Waals surface area (Å²) in [6, 6.07) is 9.74. The second kappa shape index (κ2) is 3.68.